The fourth-order valence-corrected chi connectivity index (χ4v) is 0.848. The molecule has 1 aromatic rings. The first-order valence-electron chi connectivity index (χ1n) is 4.09. The molecule has 0 aliphatic heterocycles. The topological polar surface area (TPSA) is 115 Å². The van der Waals surface area contributed by atoms with Crippen molar-refractivity contribution in [2.24, 2.45) is 0 Å². The Hall–Kier alpha value is -0.734. The van der Waals surface area contributed by atoms with E-state index < -0.39 is 17.9 Å². The molecule has 0 unspecified atom stereocenters. The predicted octanol–water partition coefficient (Wildman–Crippen LogP) is -3.16. The summed E-state index contributed by atoms with van der Waals surface area (Å²) in [7, 11) is 0. The number of aromatic carboxylic acids is 2. The third-order valence-corrected chi connectivity index (χ3v) is 1.38. The van der Waals surface area contributed by atoms with Gasteiger partial charge in [-0.25, -0.2) is 4.79 Å². The Morgan fingerprint density at radius 3 is 1.65 bits per heavy atom. The molecule has 0 saturated carbocycles. The molecule has 7 heteroatoms. The van der Waals surface area contributed by atoms with Crippen molar-refractivity contribution in [3.05, 3.63) is 35.4 Å². The summed E-state index contributed by atoms with van der Waals surface area (Å²) in [6, 6.07) is 5.31. The Balaban J connectivity index is 0. The van der Waals surface area contributed by atoms with E-state index >= 15 is 0 Å². The molecule has 0 aliphatic carbocycles. The van der Waals surface area contributed by atoms with Crippen molar-refractivity contribution in [2.75, 3.05) is 0 Å². The number of carboxylic acids is 3. The van der Waals surface area contributed by atoms with Crippen LogP contribution in [0.1, 0.15) is 27.6 Å². The molecular formula is C10H9KO6. The van der Waals surface area contributed by atoms with Crippen LogP contribution >= 0.6 is 0 Å². The second-order valence-corrected chi connectivity index (χ2v) is 2.66. The summed E-state index contributed by atoms with van der Waals surface area (Å²) in [6.45, 7) is 1.08. The quantitative estimate of drug-likeness (QED) is 0.545. The van der Waals surface area contributed by atoms with Gasteiger partial charge in [-0.05, 0) is 6.07 Å². The average Bonchev–Trinajstić information content (AvgIpc) is 2.16. The Kier molecular flexibility index (Phi) is 10.2. The van der Waals surface area contributed by atoms with Gasteiger partial charge >= 0.3 is 57.4 Å². The molecule has 0 spiro atoms. The fraction of sp³-hybridized carbons (Fsp3) is 0.100. The smallest absolute Gasteiger partial charge is 0.545 e. The van der Waals surface area contributed by atoms with Crippen molar-refractivity contribution in [1.29, 1.82) is 0 Å². The van der Waals surface area contributed by atoms with Gasteiger partial charge in [0.2, 0.25) is 0 Å². The zero-order valence-corrected chi connectivity index (χ0v) is 12.5. The zero-order chi connectivity index (χ0) is 12.7. The molecule has 0 saturated heterocycles. The maximum atomic E-state index is 10.4. The van der Waals surface area contributed by atoms with Gasteiger partial charge in [0.1, 0.15) is 0 Å². The third kappa shape index (κ3) is 8.05. The normalized spacial score (nSPS) is 8.06. The fourth-order valence-electron chi connectivity index (χ4n) is 0.848. The molecule has 0 aromatic heterocycles. The number of hydrogen-bond acceptors (Lipinski definition) is 4. The molecule has 86 valence electrons. The van der Waals surface area contributed by atoms with Gasteiger partial charge in [-0.3, -0.25) is 4.79 Å². The molecule has 0 amide bonds. The van der Waals surface area contributed by atoms with Crippen LogP contribution in [0.25, 0.3) is 0 Å². The van der Waals surface area contributed by atoms with Gasteiger partial charge in [-0.1, -0.05) is 18.2 Å². The summed E-state index contributed by atoms with van der Waals surface area (Å²) in [6.07, 6.45) is 0. The van der Waals surface area contributed by atoms with Crippen molar-refractivity contribution < 1.29 is 81.1 Å². The molecule has 0 radical (unpaired) electrons. The number of benzene rings is 1. The summed E-state index contributed by atoms with van der Waals surface area (Å²) in [5, 5.41) is 26.3. The van der Waals surface area contributed by atoms with E-state index in [0.29, 0.717) is 0 Å². The van der Waals surface area contributed by atoms with Gasteiger partial charge in [-0.2, -0.15) is 0 Å². The molecule has 1 rings (SSSR count). The standard InChI is InChI=1S/C8H6O4.C2H4O2.K/c9-7(10)5-3-1-2-4-6(5)8(11)12;1-2(3)4;/h1-4H,(H,9,10)(H,11,12);1H3,(H,3,4);/q;;+1/p-1. The van der Waals surface area contributed by atoms with E-state index in [2.05, 4.69) is 0 Å². The van der Waals surface area contributed by atoms with Crippen LogP contribution in [-0.2, 0) is 4.79 Å². The molecule has 0 atom stereocenters. The Labute approximate surface area is 140 Å². The van der Waals surface area contributed by atoms with E-state index in [1.54, 1.807) is 0 Å². The maximum absolute atomic E-state index is 10.4. The predicted molar refractivity (Wildman–Crippen MR) is 51.0 cm³/mol. The minimum absolute atomic E-state index is 0. The van der Waals surface area contributed by atoms with Crippen LogP contribution < -0.4 is 56.5 Å². The number of carbonyl (C=O) groups is 3. The molecule has 0 bridgehead atoms. The van der Waals surface area contributed by atoms with Gasteiger partial charge in [0, 0.05) is 12.5 Å². The summed E-state index contributed by atoms with van der Waals surface area (Å²) < 4.78 is 0. The van der Waals surface area contributed by atoms with Gasteiger partial charge in [-0.15, -0.1) is 0 Å². The van der Waals surface area contributed by atoms with Crippen LogP contribution in [0.2, 0.25) is 0 Å². The van der Waals surface area contributed by atoms with E-state index in [1.165, 1.54) is 24.3 Å². The van der Waals surface area contributed by atoms with E-state index in [4.69, 9.17) is 15.0 Å². The molecule has 0 heterocycles. The first-order chi connectivity index (χ1) is 7.36. The van der Waals surface area contributed by atoms with Crippen LogP contribution in [0.3, 0.4) is 0 Å². The second-order valence-electron chi connectivity index (χ2n) is 2.66. The first kappa shape index (κ1) is 18.6. The summed E-state index contributed by atoms with van der Waals surface area (Å²) in [5.74, 6) is -3.58. The Bertz CT molecular complexity index is 378. The van der Waals surface area contributed by atoms with E-state index in [-0.39, 0.29) is 62.5 Å². The van der Waals surface area contributed by atoms with E-state index in [1.807, 2.05) is 0 Å². The first-order valence-corrected chi connectivity index (χ1v) is 4.09. The third-order valence-electron chi connectivity index (χ3n) is 1.38. The summed E-state index contributed by atoms with van der Waals surface area (Å²) >= 11 is 0. The van der Waals surface area contributed by atoms with Crippen LogP contribution in [0.4, 0.5) is 0 Å². The van der Waals surface area contributed by atoms with Crippen LogP contribution in [0.15, 0.2) is 24.3 Å². The largest absolute Gasteiger partial charge is 1.00 e. The van der Waals surface area contributed by atoms with Crippen molar-refractivity contribution in [1.82, 2.24) is 0 Å². The minimum Gasteiger partial charge on any atom is -0.545 e. The van der Waals surface area contributed by atoms with Crippen LogP contribution in [0, 0.1) is 0 Å². The van der Waals surface area contributed by atoms with Crippen molar-refractivity contribution in [3.63, 3.8) is 0 Å². The monoisotopic (exact) mass is 264 g/mol. The zero-order valence-electron chi connectivity index (χ0n) is 9.34. The van der Waals surface area contributed by atoms with Gasteiger partial charge < -0.3 is 20.1 Å². The van der Waals surface area contributed by atoms with Crippen molar-refractivity contribution in [2.45, 2.75) is 6.92 Å². The summed E-state index contributed by atoms with van der Waals surface area (Å²) in [5.41, 5.74) is -0.553. The van der Waals surface area contributed by atoms with E-state index in [9.17, 15) is 14.7 Å². The molecule has 2 N–H and O–H groups in total. The number of carbonyl (C=O) groups excluding carboxylic acids is 1. The van der Waals surface area contributed by atoms with Crippen LogP contribution in [0.5, 0.6) is 0 Å². The molecule has 0 fully saturated rings. The summed E-state index contributed by atoms with van der Waals surface area (Å²) in [4.78, 5) is 29.8. The number of rotatable bonds is 2. The van der Waals surface area contributed by atoms with Gasteiger partial charge in [0.15, 0.2) is 0 Å². The molecule has 6 nitrogen and oxygen atoms in total. The van der Waals surface area contributed by atoms with Gasteiger partial charge in [0.25, 0.3) is 5.97 Å². The maximum Gasteiger partial charge on any atom is 1.00 e. The molecule has 17 heavy (non-hydrogen) atoms. The molecule has 0 aliphatic rings. The SMILES string of the molecule is CC(=O)O.O=C([O-])c1ccccc1C(=O)O.[K+]. The second kappa shape index (κ2) is 9.31. The van der Waals surface area contributed by atoms with Crippen molar-refractivity contribution >= 4 is 17.9 Å². The number of hydrogen-bond donors (Lipinski definition) is 2. The minimum atomic E-state index is -1.48. The molecule has 1 aromatic carbocycles. The van der Waals surface area contributed by atoms with Gasteiger partial charge in [0.05, 0.1) is 11.5 Å². The number of aliphatic carboxylic acids is 1. The Morgan fingerprint density at radius 1 is 1.06 bits per heavy atom. The van der Waals surface area contributed by atoms with Crippen molar-refractivity contribution in [3.8, 4) is 0 Å². The van der Waals surface area contributed by atoms with E-state index in [0.717, 1.165) is 6.92 Å². The molecular weight excluding hydrogens is 255 g/mol. The Morgan fingerprint density at radius 2 is 1.41 bits per heavy atom. The average molecular weight is 264 g/mol. The van der Waals surface area contributed by atoms with Crippen LogP contribution in [-0.4, -0.2) is 28.1 Å². The number of carboxylic acid groups (broad SMARTS) is 3.